The van der Waals surface area contributed by atoms with Gasteiger partial charge < -0.3 is 10.8 Å². The van der Waals surface area contributed by atoms with Crippen LogP contribution in [0.5, 0.6) is 0 Å². The molecular weight excluding hydrogens is 142 g/mol. The Morgan fingerprint density at radius 2 is 2.64 bits per heavy atom. The highest BCUT2D eigenvalue weighted by atomic mass is 16.3. The molecule has 1 heterocycles. The fraction of sp³-hybridized carbons (Fsp3) is 0.286. The predicted molar refractivity (Wildman–Crippen MR) is 42.6 cm³/mol. The minimum atomic E-state index is -0.622. The number of aromatic nitrogens is 2. The van der Waals surface area contributed by atoms with E-state index < -0.39 is 6.10 Å². The molecule has 1 atom stereocenters. The normalized spacial score (nSPS) is 12.9. The van der Waals surface area contributed by atoms with Crippen LogP contribution in [0.4, 0.5) is 0 Å². The van der Waals surface area contributed by atoms with E-state index in [1.165, 1.54) is 4.68 Å². The molecule has 0 saturated carbocycles. The van der Waals surface area contributed by atoms with Gasteiger partial charge in [0.25, 0.3) is 0 Å². The lowest BCUT2D eigenvalue weighted by molar-refractivity contribution is 0.186. The summed E-state index contributed by atoms with van der Waals surface area (Å²) in [4.78, 5) is 0. The molecule has 4 nitrogen and oxygen atoms in total. The minimum absolute atomic E-state index is 0.211. The third-order valence-electron chi connectivity index (χ3n) is 1.42. The molecule has 1 rings (SSSR count). The Labute approximate surface area is 64.9 Å². The van der Waals surface area contributed by atoms with E-state index in [1.807, 2.05) is 0 Å². The van der Waals surface area contributed by atoms with Crippen LogP contribution in [0.15, 0.2) is 19.0 Å². The van der Waals surface area contributed by atoms with Crippen LogP contribution in [0, 0.1) is 0 Å². The van der Waals surface area contributed by atoms with Crippen LogP contribution in [-0.2, 0) is 0 Å². The molecule has 1 aromatic heterocycles. The smallest absolute Gasteiger partial charge is 0.0942 e. The van der Waals surface area contributed by atoms with Gasteiger partial charge in [0.15, 0.2) is 0 Å². The van der Waals surface area contributed by atoms with Crippen molar-refractivity contribution >= 4 is 6.20 Å². The first-order valence-electron chi connectivity index (χ1n) is 3.32. The quantitative estimate of drug-likeness (QED) is 0.641. The molecule has 0 unspecified atom stereocenters. The third-order valence-corrected chi connectivity index (χ3v) is 1.42. The van der Waals surface area contributed by atoms with Gasteiger partial charge in [0, 0.05) is 24.5 Å². The van der Waals surface area contributed by atoms with Crippen LogP contribution in [0.3, 0.4) is 0 Å². The van der Waals surface area contributed by atoms with Gasteiger partial charge >= 0.3 is 0 Å². The van der Waals surface area contributed by atoms with Crippen molar-refractivity contribution in [1.29, 1.82) is 0 Å². The fourth-order valence-corrected chi connectivity index (χ4v) is 0.761. The fourth-order valence-electron chi connectivity index (χ4n) is 0.761. The molecule has 3 N–H and O–H groups in total. The van der Waals surface area contributed by atoms with E-state index in [0.717, 1.165) is 0 Å². The first-order valence-corrected chi connectivity index (χ1v) is 3.32. The number of hydrogen-bond acceptors (Lipinski definition) is 3. The number of nitrogens with zero attached hydrogens (tertiary/aromatic N) is 2. The highest BCUT2D eigenvalue weighted by Crippen LogP contribution is 2.08. The average molecular weight is 153 g/mol. The third kappa shape index (κ3) is 1.66. The maximum Gasteiger partial charge on any atom is 0.0942 e. The zero-order valence-electron chi connectivity index (χ0n) is 6.14. The lowest BCUT2D eigenvalue weighted by Crippen LogP contribution is -2.10. The largest absolute Gasteiger partial charge is 0.387 e. The lowest BCUT2D eigenvalue weighted by Gasteiger charge is -2.01. The summed E-state index contributed by atoms with van der Waals surface area (Å²) in [6.07, 6.45) is 4.18. The zero-order chi connectivity index (χ0) is 8.27. The number of nitrogens with two attached hydrogens (primary N) is 1. The number of aliphatic hydroxyl groups excluding tert-OH is 1. The van der Waals surface area contributed by atoms with Gasteiger partial charge in [0.2, 0.25) is 0 Å². The van der Waals surface area contributed by atoms with E-state index in [0.29, 0.717) is 5.56 Å². The maximum atomic E-state index is 9.23. The van der Waals surface area contributed by atoms with Gasteiger partial charge in [-0.15, -0.1) is 0 Å². The van der Waals surface area contributed by atoms with E-state index in [2.05, 4.69) is 11.7 Å². The molecule has 0 saturated heterocycles. The Morgan fingerprint density at radius 1 is 1.91 bits per heavy atom. The van der Waals surface area contributed by atoms with Crippen LogP contribution in [-0.4, -0.2) is 21.4 Å². The van der Waals surface area contributed by atoms with Gasteiger partial charge in [-0.25, -0.2) is 4.68 Å². The Morgan fingerprint density at radius 3 is 3.09 bits per heavy atom. The Hall–Kier alpha value is -1.13. The molecule has 60 valence electrons. The van der Waals surface area contributed by atoms with Gasteiger partial charge in [0.1, 0.15) is 0 Å². The maximum absolute atomic E-state index is 9.23. The molecule has 0 spiro atoms. The summed E-state index contributed by atoms with van der Waals surface area (Å²) in [5.74, 6) is 0. The molecular formula is C7H11N3O. The number of aliphatic hydroxyl groups is 1. The molecule has 0 fully saturated rings. The van der Waals surface area contributed by atoms with Crippen LogP contribution in [0.2, 0.25) is 0 Å². The molecule has 0 aliphatic rings. The first-order chi connectivity index (χ1) is 5.27. The van der Waals surface area contributed by atoms with Crippen LogP contribution < -0.4 is 5.73 Å². The molecule has 0 aliphatic carbocycles. The topological polar surface area (TPSA) is 64.1 Å². The SMILES string of the molecule is C=Cn1cc([C@@H](O)CN)cn1. The molecule has 11 heavy (non-hydrogen) atoms. The van der Waals surface area contributed by atoms with E-state index in [1.54, 1.807) is 18.6 Å². The summed E-state index contributed by atoms with van der Waals surface area (Å²) in [6, 6.07) is 0. The highest BCUT2D eigenvalue weighted by molar-refractivity contribution is 5.19. The minimum Gasteiger partial charge on any atom is -0.387 e. The van der Waals surface area contributed by atoms with Crippen molar-refractivity contribution in [3.05, 3.63) is 24.5 Å². The summed E-state index contributed by atoms with van der Waals surface area (Å²) in [5, 5.41) is 13.1. The van der Waals surface area contributed by atoms with Crippen LogP contribution in [0.25, 0.3) is 6.20 Å². The molecule has 0 amide bonds. The van der Waals surface area contributed by atoms with Crippen LogP contribution in [0.1, 0.15) is 11.7 Å². The summed E-state index contributed by atoms with van der Waals surface area (Å²) in [5.41, 5.74) is 5.96. The van der Waals surface area contributed by atoms with Crippen molar-refractivity contribution in [3.63, 3.8) is 0 Å². The van der Waals surface area contributed by atoms with E-state index in [9.17, 15) is 5.11 Å². The zero-order valence-corrected chi connectivity index (χ0v) is 6.14. The van der Waals surface area contributed by atoms with E-state index in [-0.39, 0.29) is 6.54 Å². The Bertz CT molecular complexity index is 244. The van der Waals surface area contributed by atoms with E-state index >= 15 is 0 Å². The number of rotatable bonds is 3. The van der Waals surface area contributed by atoms with Crippen molar-refractivity contribution < 1.29 is 5.11 Å². The Balaban J connectivity index is 2.79. The van der Waals surface area contributed by atoms with Crippen LogP contribution >= 0.6 is 0 Å². The molecule has 0 aliphatic heterocycles. The molecule has 1 aromatic rings. The average Bonchev–Trinajstić information content (AvgIpc) is 2.50. The lowest BCUT2D eigenvalue weighted by atomic mass is 10.2. The van der Waals surface area contributed by atoms with Gasteiger partial charge in [-0.05, 0) is 0 Å². The molecule has 0 bridgehead atoms. The highest BCUT2D eigenvalue weighted by Gasteiger charge is 2.05. The predicted octanol–water partition coefficient (Wildman–Crippen LogP) is -0.0243. The second-order valence-electron chi connectivity index (χ2n) is 2.19. The van der Waals surface area contributed by atoms with Crippen molar-refractivity contribution in [1.82, 2.24) is 9.78 Å². The first kappa shape index (κ1) is 7.97. The summed E-state index contributed by atoms with van der Waals surface area (Å²) in [6.45, 7) is 3.73. The van der Waals surface area contributed by atoms with Gasteiger partial charge in [0.05, 0.1) is 12.3 Å². The molecule has 0 aromatic carbocycles. The molecule has 0 radical (unpaired) electrons. The second kappa shape index (κ2) is 3.32. The van der Waals surface area contributed by atoms with E-state index in [4.69, 9.17) is 5.73 Å². The van der Waals surface area contributed by atoms with Crippen molar-refractivity contribution in [2.45, 2.75) is 6.10 Å². The summed E-state index contributed by atoms with van der Waals surface area (Å²) in [7, 11) is 0. The summed E-state index contributed by atoms with van der Waals surface area (Å²) >= 11 is 0. The van der Waals surface area contributed by atoms with Crippen molar-refractivity contribution in [2.75, 3.05) is 6.54 Å². The number of hydrogen-bond donors (Lipinski definition) is 2. The standard InChI is InChI=1S/C7H11N3O/c1-2-10-5-6(4-9-10)7(11)3-8/h2,4-5,7,11H,1,3,8H2/t7-/m0/s1. The van der Waals surface area contributed by atoms with Gasteiger partial charge in [-0.3, -0.25) is 0 Å². The monoisotopic (exact) mass is 153 g/mol. The molecule has 4 heteroatoms. The van der Waals surface area contributed by atoms with Gasteiger partial charge in [-0.1, -0.05) is 6.58 Å². The van der Waals surface area contributed by atoms with Crippen molar-refractivity contribution in [3.8, 4) is 0 Å². The summed E-state index contributed by atoms with van der Waals surface area (Å²) < 4.78 is 1.52. The van der Waals surface area contributed by atoms with Crippen molar-refractivity contribution in [2.24, 2.45) is 5.73 Å². The van der Waals surface area contributed by atoms with Gasteiger partial charge in [-0.2, -0.15) is 5.10 Å². The second-order valence-corrected chi connectivity index (χ2v) is 2.19. The Kier molecular flexibility index (Phi) is 2.40.